The Hall–Kier alpha value is -1.58. The highest BCUT2D eigenvalue weighted by atomic mass is 16.1. The van der Waals surface area contributed by atoms with Crippen LogP contribution in [0.1, 0.15) is 24.8 Å². The Balaban J connectivity index is 1.65. The molecule has 0 aliphatic heterocycles. The first kappa shape index (κ1) is 10.6. The van der Waals surface area contributed by atoms with Crippen molar-refractivity contribution in [3.63, 3.8) is 0 Å². The van der Waals surface area contributed by atoms with E-state index in [-0.39, 0.29) is 11.8 Å². The molecule has 0 bridgehead atoms. The van der Waals surface area contributed by atoms with Gasteiger partial charge in [0.05, 0.1) is 11.9 Å². The average molecular weight is 231 g/mol. The zero-order chi connectivity index (χ0) is 12.0. The number of nitrogens with two attached hydrogens (primary N) is 1. The number of carbonyl (C=O) groups excluding carboxylic acids is 1. The third-order valence-electron chi connectivity index (χ3n) is 4.02. The Labute approximate surface area is 101 Å². The summed E-state index contributed by atoms with van der Waals surface area (Å²) in [6, 6.07) is 1.82. The number of carbonyl (C=O) groups is 1. The van der Waals surface area contributed by atoms with Crippen LogP contribution >= 0.6 is 0 Å². The van der Waals surface area contributed by atoms with Gasteiger partial charge >= 0.3 is 0 Å². The largest absolute Gasteiger partial charge is 0.397 e. The van der Waals surface area contributed by atoms with E-state index in [1.807, 2.05) is 13.0 Å². The van der Waals surface area contributed by atoms with Crippen LogP contribution in [0, 0.1) is 24.7 Å². The molecule has 0 aromatic carbocycles. The molecule has 3 N–H and O–H groups in total. The lowest BCUT2D eigenvalue weighted by molar-refractivity contribution is -0.120. The van der Waals surface area contributed by atoms with Crippen molar-refractivity contribution >= 4 is 17.4 Å². The van der Waals surface area contributed by atoms with E-state index in [1.54, 1.807) is 6.20 Å². The van der Waals surface area contributed by atoms with Crippen molar-refractivity contribution in [2.45, 2.75) is 26.2 Å². The third-order valence-corrected chi connectivity index (χ3v) is 4.02. The normalized spacial score (nSPS) is 29.8. The first-order chi connectivity index (χ1) is 8.13. The molecule has 17 heavy (non-hydrogen) atoms. The van der Waals surface area contributed by atoms with Crippen LogP contribution in [0.5, 0.6) is 0 Å². The first-order valence-electron chi connectivity index (χ1n) is 6.16. The van der Waals surface area contributed by atoms with Gasteiger partial charge in [-0.25, -0.2) is 4.98 Å². The van der Waals surface area contributed by atoms with Crippen molar-refractivity contribution < 1.29 is 4.79 Å². The lowest BCUT2D eigenvalue weighted by Gasteiger charge is -2.12. The molecule has 0 radical (unpaired) electrons. The zero-order valence-corrected chi connectivity index (χ0v) is 9.94. The number of hydrogen-bond donors (Lipinski definition) is 2. The van der Waals surface area contributed by atoms with Crippen LogP contribution in [0.4, 0.5) is 11.5 Å². The summed E-state index contributed by atoms with van der Waals surface area (Å²) in [6.45, 7) is 1.91. The number of nitrogens with one attached hydrogen (secondary N) is 1. The fourth-order valence-corrected chi connectivity index (χ4v) is 2.79. The summed E-state index contributed by atoms with van der Waals surface area (Å²) in [5.74, 6) is 2.58. The minimum absolute atomic E-state index is 0.119. The van der Waals surface area contributed by atoms with Crippen LogP contribution in [0.25, 0.3) is 0 Å². The van der Waals surface area contributed by atoms with Gasteiger partial charge in [-0.2, -0.15) is 0 Å². The predicted molar refractivity (Wildman–Crippen MR) is 66.3 cm³/mol. The smallest absolute Gasteiger partial charge is 0.228 e. The van der Waals surface area contributed by atoms with Crippen LogP contribution in [0.3, 0.4) is 0 Å². The fourth-order valence-electron chi connectivity index (χ4n) is 2.79. The maximum Gasteiger partial charge on any atom is 0.228 e. The Kier molecular flexibility index (Phi) is 2.31. The molecular formula is C13H17N3O. The predicted octanol–water partition coefficient (Wildman–Crippen LogP) is 1.96. The molecule has 3 rings (SSSR count). The van der Waals surface area contributed by atoms with Gasteiger partial charge in [-0.1, -0.05) is 0 Å². The van der Waals surface area contributed by atoms with E-state index in [0.717, 1.165) is 30.2 Å². The van der Waals surface area contributed by atoms with E-state index in [9.17, 15) is 4.79 Å². The van der Waals surface area contributed by atoms with Gasteiger partial charge in [0.2, 0.25) is 5.91 Å². The lowest BCUT2D eigenvalue weighted by atomic mass is 10.0. The second-order valence-corrected chi connectivity index (χ2v) is 5.34. The molecule has 2 fully saturated rings. The fraction of sp³-hybridized carbons (Fsp3) is 0.538. The minimum atomic E-state index is 0.119. The standard InChI is InChI=1S/C13H17N3O/c1-7-2-12(15-6-11(7)14)16-13(17)10-4-8-3-9(8)5-10/h2,6,8-10H,3-5,14H2,1H3,(H,15,16,17). The van der Waals surface area contributed by atoms with Gasteiger partial charge in [-0.3, -0.25) is 4.79 Å². The molecule has 1 amide bonds. The zero-order valence-electron chi connectivity index (χ0n) is 9.94. The maximum absolute atomic E-state index is 12.0. The van der Waals surface area contributed by atoms with Crippen LogP contribution in [0.2, 0.25) is 0 Å². The minimum Gasteiger partial charge on any atom is -0.397 e. The second kappa shape index (κ2) is 3.72. The summed E-state index contributed by atoms with van der Waals surface area (Å²) in [5.41, 5.74) is 7.30. The molecule has 90 valence electrons. The Morgan fingerprint density at radius 1 is 1.41 bits per heavy atom. The van der Waals surface area contributed by atoms with Crippen LogP contribution in [-0.2, 0) is 4.79 Å². The number of pyridine rings is 1. The summed E-state index contributed by atoms with van der Waals surface area (Å²) < 4.78 is 0. The monoisotopic (exact) mass is 231 g/mol. The van der Waals surface area contributed by atoms with Crippen LogP contribution in [0.15, 0.2) is 12.3 Å². The molecular weight excluding hydrogens is 214 g/mol. The first-order valence-corrected chi connectivity index (χ1v) is 6.16. The quantitative estimate of drug-likeness (QED) is 0.817. The van der Waals surface area contributed by atoms with E-state index in [1.165, 1.54) is 6.42 Å². The van der Waals surface area contributed by atoms with Crippen molar-refractivity contribution in [2.75, 3.05) is 11.1 Å². The van der Waals surface area contributed by atoms with E-state index in [0.29, 0.717) is 11.5 Å². The number of anilines is 2. The van der Waals surface area contributed by atoms with Gasteiger partial charge in [0.1, 0.15) is 5.82 Å². The highest BCUT2D eigenvalue weighted by Gasteiger charge is 2.47. The van der Waals surface area contributed by atoms with E-state index < -0.39 is 0 Å². The number of rotatable bonds is 2. The number of amides is 1. The Bertz CT molecular complexity index is 462. The van der Waals surface area contributed by atoms with Crippen molar-refractivity contribution in [3.8, 4) is 0 Å². The molecule has 1 aromatic rings. The molecule has 2 atom stereocenters. The number of aromatic nitrogens is 1. The van der Waals surface area contributed by atoms with E-state index in [4.69, 9.17) is 5.73 Å². The van der Waals surface area contributed by atoms with Gasteiger partial charge in [-0.05, 0) is 49.7 Å². The van der Waals surface area contributed by atoms with Gasteiger partial charge in [0.25, 0.3) is 0 Å². The van der Waals surface area contributed by atoms with Gasteiger partial charge in [0.15, 0.2) is 0 Å². The Morgan fingerprint density at radius 3 is 2.76 bits per heavy atom. The third kappa shape index (κ3) is 1.99. The highest BCUT2D eigenvalue weighted by molar-refractivity contribution is 5.92. The number of fused-ring (bicyclic) bond motifs is 1. The molecule has 2 aliphatic rings. The van der Waals surface area contributed by atoms with Crippen molar-refractivity contribution in [2.24, 2.45) is 17.8 Å². The summed E-state index contributed by atoms with van der Waals surface area (Å²) >= 11 is 0. The number of aryl methyl sites for hydroxylation is 1. The van der Waals surface area contributed by atoms with Crippen molar-refractivity contribution in [1.82, 2.24) is 4.98 Å². The number of nitrogen functional groups attached to an aromatic ring is 1. The molecule has 4 heteroatoms. The summed E-state index contributed by atoms with van der Waals surface area (Å²) in [4.78, 5) is 16.1. The molecule has 4 nitrogen and oxygen atoms in total. The summed E-state index contributed by atoms with van der Waals surface area (Å²) in [5, 5.41) is 2.89. The van der Waals surface area contributed by atoms with Crippen LogP contribution in [-0.4, -0.2) is 10.9 Å². The summed E-state index contributed by atoms with van der Waals surface area (Å²) in [6.07, 6.45) is 5.05. The second-order valence-electron chi connectivity index (χ2n) is 5.34. The van der Waals surface area contributed by atoms with E-state index >= 15 is 0 Å². The highest BCUT2D eigenvalue weighted by Crippen LogP contribution is 2.54. The molecule has 2 saturated carbocycles. The van der Waals surface area contributed by atoms with Gasteiger partial charge in [0, 0.05) is 5.92 Å². The summed E-state index contributed by atoms with van der Waals surface area (Å²) in [7, 11) is 0. The van der Waals surface area contributed by atoms with Gasteiger partial charge in [-0.15, -0.1) is 0 Å². The lowest BCUT2D eigenvalue weighted by Crippen LogP contribution is -2.22. The molecule has 1 aromatic heterocycles. The average Bonchev–Trinajstić information content (AvgIpc) is 2.91. The van der Waals surface area contributed by atoms with Crippen molar-refractivity contribution in [1.29, 1.82) is 0 Å². The molecule has 2 aliphatic carbocycles. The van der Waals surface area contributed by atoms with Gasteiger partial charge < -0.3 is 11.1 Å². The maximum atomic E-state index is 12.0. The number of nitrogens with zero attached hydrogens (tertiary/aromatic N) is 1. The topological polar surface area (TPSA) is 68.0 Å². The Morgan fingerprint density at radius 2 is 2.12 bits per heavy atom. The van der Waals surface area contributed by atoms with Crippen molar-refractivity contribution in [3.05, 3.63) is 17.8 Å². The van der Waals surface area contributed by atoms with E-state index in [2.05, 4.69) is 10.3 Å². The van der Waals surface area contributed by atoms with Crippen LogP contribution < -0.4 is 11.1 Å². The number of hydrogen-bond acceptors (Lipinski definition) is 3. The molecule has 2 unspecified atom stereocenters. The molecule has 1 heterocycles. The molecule has 0 spiro atoms. The SMILES string of the molecule is Cc1cc(NC(=O)C2CC3CC3C2)ncc1N. The molecule has 0 saturated heterocycles.